The third kappa shape index (κ3) is 4.50. The Kier molecular flexibility index (Phi) is 6.87. The van der Waals surface area contributed by atoms with Crippen LogP contribution in [0.2, 0.25) is 13.1 Å². The summed E-state index contributed by atoms with van der Waals surface area (Å²) in [6, 6.07) is 50.0. The highest BCUT2D eigenvalue weighted by atomic mass is 31.2. The molecule has 4 nitrogen and oxygen atoms in total. The fraction of sp³-hybridized carbons (Fsp3) is 0.114. The van der Waals surface area contributed by atoms with Gasteiger partial charge in [0.25, 0.3) is 0 Å². The van der Waals surface area contributed by atoms with Gasteiger partial charge < -0.3 is 4.57 Å². The quantitative estimate of drug-likeness (QED) is 0.140. The van der Waals surface area contributed by atoms with Gasteiger partial charge in [0.05, 0.1) is 0 Å². The number of aromatic nitrogens is 3. The largest absolute Gasteiger partial charge is 0.309 e. The number of fused-ring (bicyclic) bond motifs is 5. The molecule has 0 saturated carbocycles. The first kappa shape index (κ1) is 30.8. The Bertz CT molecular complexity index is 2460. The average molecular weight is 682 g/mol. The Morgan fingerprint density at radius 3 is 1.64 bits per heavy atom. The molecule has 0 radical (unpaired) electrons. The van der Waals surface area contributed by atoms with Gasteiger partial charge in [-0.15, -0.1) is 0 Å². The summed E-state index contributed by atoms with van der Waals surface area (Å²) in [6.45, 7) is 9.45. The predicted octanol–water partition coefficient (Wildman–Crippen LogP) is 7.95. The van der Waals surface area contributed by atoms with E-state index in [-0.39, 0.29) is 5.41 Å². The number of rotatable bonds is 4. The SMILES string of the molecule is CC1(C)c2ccc(-c3nc(-c4ccccc4)nc(-c4ccccc4)n3)cc2P(=O)(c2ccccc2)c2cc3c(cc21)[Si](C)(C)c1ccccc1-3. The van der Waals surface area contributed by atoms with E-state index >= 15 is 4.57 Å². The van der Waals surface area contributed by atoms with Crippen molar-refractivity contribution >= 4 is 41.5 Å². The van der Waals surface area contributed by atoms with Crippen molar-refractivity contribution in [3.8, 4) is 45.3 Å². The molecule has 2 aliphatic rings. The van der Waals surface area contributed by atoms with Gasteiger partial charge >= 0.3 is 0 Å². The molecule has 0 fully saturated rings. The minimum Gasteiger partial charge on any atom is -0.309 e. The lowest BCUT2D eigenvalue weighted by Gasteiger charge is -2.40. The zero-order chi connectivity index (χ0) is 34.3. The molecule has 0 saturated heterocycles. The van der Waals surface area contributed by atoms with Crippen LogP contribution in [0, 0.1) is 0 Å². The highest BCUT2D eigenvalue weighted by Gasteiger charge is 2.48. The van der Waals surface area contributed by atoms with Crippen LogP contribution in [-0.2, 0) is 9.98 Å². The second-order valence-electron chi connectivity index (χ2n) is 14.4. The summed E-state index contributed by atoms with van der Waals surface area (Å²) < 4.78 is 16.4. The zero-order valence-corrected chi connectivity index (χ0v) is 30.4. The predicted molar refractivity (Wildman–Crippen MR) is 210 cm³/mol. The highest BCUT2D eigenvalue weighted by molar-refractivity contribution is 7.85. The highest BCUT2D eigenvalue weighted by Crippen LogP contribution is 2.53. The van der Waals surface area contributed by atoms with E-state index in [2.05, 4.69) is 81.5 Å². The molecule has 1 unspecified atom stereocenters. The lowest BCUT2D eigenvalue weighted by molar-refractivity contribution is 0.586. The van der Waals surface area contributed by atoms with Crippen molar-refractivity contribution in [2.24, 2.45) is 0 Å². The third-order valence-corrected chi connectivity index (χ3v) is 17.5. The zero-order valence-electron chi connectivity index (χ0n) is 28.6. The molecule has 0 spiro atoms. The molecule has 1 atom stereocenters. The average Bonchev–Trinajstić information content (AvgIpc) is 3.39. The van der Waals surface area contributed by atoms with Crippen LogP contribution in [0.3, 0.4) is 0 Å². The Labute approximate surface area is 294 Å². The lowest BCUT2D eigenvalue weighted by atomic mass is 9.77. The fourth-order valence-electron chi connectivity index (χ4n) is 8.09. The third-order valence-electron chi connectivity index (χ3n) is 10.8. The number of benzene rings is 6. The van der Waals surface area contributed by atoms with Gasteiger partial charge in [-0.3, -0.25) is 0 Å². The molecule has 0 N–H and O–H groups in total. The Hall–Kier alpha value is -5.22. The van der Waals surface area contributed by atoms with Gasteiger partial charge in [-0.05, 0) is 44.8 Å². The molecule has 6 aromatic carbocycles. The first-order chi connectivity index (χ1) is 24.2. The maximum atomic E-state index is 16.4. The van der Waals surface area contributed by atoms with Crippen LogP contribution in [0.5, 0.6) is 0 Å². The van der Waals surface area contributed by atoms with Crippen molar-refractivity contribution < 1.29 is 4.57 Å². The normalized spacial score (nSPS) is 17.7. The Balaban J connectivity index is 1.31. The molecule has 3 heterocycles. The molecule has 50 heavy (non-hydrogen) atoms. The molecule has 0 amide bonds. The topological polar surface area (TPSA) is 55.7 Å². The van der Waals surface area contributed by atoms with Crippen molar-refractivity contribution in [3.63, 3.8) is 0 Å². The van der Waals surface area contributed by atoms with Crippen molar-refractivity contribution in [2.75, 3.05) is 0 Å². The van der Waals surface area contributed by atoms with E-state index in [0.29, 0.717) is 17.5 Å². The molecular formula is C44H36N3OPSi. The smallest absolute Gasteiger partial charge is 0.171 e. The summed E-state index contributed by atoms with van der Waals surface area (Å²) >= 11 is 0. The Morgan fingerprint density at radius 2 is 1.02 bits per heavy atom. The minimum absolute atomic E-state index is 0.385. The van der Waals surface area contributed by atoms with Gasteiger partial charge in [0, 0.05) is 38.0 Å². The molecule has 1 aromatic heterocycles. The summed E-state index contributed by atoms with van der Waals surface area (Å²) in [5.41, 5.74) is 7.02. The van der Waals surface area contributed by atoms with Gasteiger partial charge in [-0.2, -0.15) is 0 Å². The second-order valence-corrected chi connectivity index (χ2v) is 21.5. The Morgan fingerprint density at radius 1 is 0.500 bits per heavy atom. The van der Waals surface area contributed by atoms with Crippen LogP contribution in [0.1, 0.15) is 25.0 Å². The van der Waals surface area contributed by atoms with E-state index in [4.69, 9.17) is 15.0 Å². The van der Waals surface area contributed by atoms with Gasteiger partial charge in [0.2, 0.25) is 0 Å². The van der Waals surface area contributed by atoms with E-state index < -0.39 is 15.2 Å². The number of hydrogen-bond donors (Lipinski definition) is 0. The van der Waals surface area contributed by atoms with E-state index in [1.54, 1.807) is 0 Å². The van der Waals surface area contributed by atoms with Gasteiger partial charge in [-0.1, -0.05) is 160 Å². The molecule has 7 aromatic rings. The summed E-state index contributed by atoms with van der Waals surface area (Å²) in [4.78, 5) is 15.0. The summed E-state index contributed by atoms with van der Waals surface area (Å²) in [6.07, 6.45) is 0. The number of nitrogens with zero attached hydrogens (tertiary/aromatic N) is 3. The first-order valence-corrected chi connectivity index (χ1v) is 21.9. The lowest BCUT2D eigenvalue weighted by Crippen LogP contribution is -2.51. The standard InChI is InChI=1S/C44H36N3OPSi/c1-44(2)35-25-24-31(43-46-41(29-16-8-5-9-17-29)45-42(47-43)30-18-10-6-11-19-30)26-37(35)49(48,32-20-12-7-13-21-32)38-27-34-33-22-14-15-23-39(33)50(3,4)40(34)28-36(38)44/h5-28H,1-4H3. The van der Waals surface area contributed by atoms with E-state index in [0.717, 1.165) is 43.7 Å². The van der Waals surface area contributed by atoms with E-state index in [1.807, 2.05) is 91.0 Å². The maximum absolute atomic E-state index is 16.4. The molecule has 2 aliphatic heterocycles. The van der Waals surface area contributed by atoms with Crippen LogP contribution < -0.4 is 26.3 Å². The molecule has 6 heteroatoms. The fourth-order valence-corrected chi connectivity index (χ4v) is 14.6. The molecule has 9 rings (SSSR count). The van der Waals surface area contributed by atoms with E-state index in [9.17, 15) is 0 Å². The molecular weight excluding hydrogens is 646 g/mol. The van der Waals surface area contributed by atoms with Crippen LogP contribution in [0.4, 0.5) is 0 Å². The van der Waals surface area contributed by atoms with Gasteiger partial charge in [0.1, 0.15) is 8.07 Å². The van der Waals surface area contributed by atoms with E-state index in [1.165, 1.54) is 21.5 Å². The maximum Gasteiger partial charge on any atom is 0.171 e. The van der Waals surface area contributed by atoms with Crippen molar-refractivity contribution in [1.29, 1.82) is 0 Å². The minimum atomic E-state index is -3.35. The summed E-state index contributed by atoms with van der Waals surface area (Å²) in [5, 5.41) is 5.50. The summed E-state index contributed by atoms with van der Waals surface area (Å²) in [7, 11) is -5.31. The first-order valence-electron chi connectivity index (χ1n) is 17.1. The van der Waals surface area contributed by atoms with Crippen molar-refractivity contribution in [3.05, 3.63) is 157 Å². The van der Waals surface area contributed by atoms with Crippen LogP contribution in [0.25, 0.3) is 45.3 Å². The van der Waals surface area contributed by atoms with Gasteiger partial charge in [0.15, 0.2) is 24.6 Å². The number of hydrogen-bond acceptors (Lipinski definition) is 4. The van der Waals surface area contributed by atoms with Crippen LogP contribution in [0.15, 0.2) is 146 Å². The molecule has 242 valence electrons. The monoisotopic (exact) mass is 681 g/mol. The second kappa shape index (κ2) is 11.1. The molecule has 0 bridgehead atoms. The molecule has 0 aliphatic carbocycles. The van der Waals surface area contributed by atoms with Crippen LogP contribution >= 0.6 is 7.14 Å². The van der Waals surface area contributed by atoms with Gasteiger partial charge in [-0.25, -0.2) is 15.0 Å². The van der Waals surface area contributed by atoms with Crippen molar-refractivity contribution in [1.82, 2.24) is 15.0 Å². The van der Waals surface area contributed by atoms with Crippen LogP contribution in [-0.4, -0.2) is 23.0 Å². The summed E-state index contributed by atoms with van der Waals surface area (Å²) in [5.74, 6) is 1.76. The van der Waals surface area contributed by atoms with Crippen molar-refractivity contribution in [2.45, 2.75) is 32.4 Å².